The van der Waals surface area contributed by atoms with E-state index in [2.05, 4.69) is 92.9 Å². The smallest absolute Gasteiger partial charge is 0.266 e. The Hall–Kier alpha value is -1.41. The van der Waals surface area contributed by atoms with Gasteiger partial charge in [0.05, 0.1) is 4.91 Å². The van der Waals surface area contributed by atoms with Crippen molar-refractivity contribution >= 4 is 83.0 Å². The Bertz CT molecular complexity index is 1170. The first kappa shape index (κ1) is 21.8. The summed E-state index contributed by atoms with van der Waals surface area (Å²) in [6.45, 7) is 5.59. The number of thiocarbonyl (C=S) groups is 1. The lowest BCUT2D eigenvalue weighted by Crippen LogP contribution is -2.31. The highest BCUT2D eigenvalue weighted by atomic mass is 79.9. The molecule has 2 heterocycles. The molecule has 1 amide bonds. The zero-order chi connectivity index (χ0) is 21.4. The summed E-state index contributed by atoms with van der Waals surface area (Å²) < 4.78 is 4.95. The van der Waals surface area contributed by atoms with Crippen LogP contribution in [0.4, 0.5) is 0 Å². The number of rotatable bonds is 5. The molecule has 3 aromatic rings. The summed E-state index contributed by atoms with van der Waals surface area (Å²) in [6, 6.07) is 14.6. The van der Waals surface area contributed by atoms with Crippen molar-refractivity contribution < 1.29 is 4.79 Å². The van der Waals surface area contributed by atoms with Crippen molar-refractivity contribution in [1.29, 1.82) is 0 Å². The van der Waals surface area contributed by atoms with Gasteiger partial charge in [-0.3, -0.25) is 9.69 Å². The topological polar surface area (TPSA) is 25.2 Å². The number of aromatic nitrogens is 1. The van der Waals surface area contributed by atoms with Gasteiger partial charge in [-0.15, -0.1) is 0 Å². The molecule has 1 saturated heterocycles. The van der Waals surface area contributed by atoms with Gasteiger partial charge in [-0.25, -0.2) is 0 Å². The fourth-order valence-corrected chi connectivity index (χ4v) is 5.38. The number of thioether (sulfide) groups is 1. The summed E-state index contributed by atoms with van der Waals surface area (Å²) in [6.07, 6.45) is 4.10. The number of nitrogens with zero attached hydrogens (tertiary/aromatic N) is 2. The summed E-state index contributed by atoms with van der Waals surface area (Å²) in [5, 5.41) is 1.11. The highest BCUT2D eigenvalue weighted by Gasteiger charge is 2.32. The lowest BCUT2D eigenvalue weighted by Gasteiger charge is -2.16. The monoisotopic (exact) mass is 562 g/mol. The second-order valence-electron chi connectivity index (χ2n) is 7.69. The van der Waals surface area contributed by atoms with Crippen molar-refractivity contribution in [1.82, 2.24) is 9.47 Å². The van der Waals surface area contributed by atoms with E-state index in [4.69, 9.17) is 12.2 Å². The van der Waals surface area contributed by atoms with Crippen LogP contribution in [0.1, 0.15) is 25.0 Å². The van der Waals surface area contributed by atoms with E-state index in [9.17, 15) is 4.79 Å². The molecule has 2 aromatic carbocycles. The largest absolute Gasteiger partial charge is 0.342 e. The van der Waals surface area contributed by atoms with Crippen molar-refractivity contribution in [3.63, 3.8) is 0 Å². The number of carbonyl (C=O) groups excluding carboxylic acids is 1. The highest BCUT2D eigenvalue weighted by molar-refractivity contribution is 9.10. The molecule has 0 saturated carbocycles. The van der Waals surface area contributed by atoms with Crippen LogP contribution in [0.15, 0.2) is 62.5 Å². The van der Waals surface area contributed by atoms with E-state index in [0.717, 1.165) is 32.0 Å². The van der Waals surface area contributed by atoms with Gasteiger partial charge in [-0.1, -0.05) is 81.8 Å². The molecule has 0 atom stereocenters. The average Bonchev–Trinajstić information content (AvgIpc) is 3.15. The molecule has 1 fully saturated rings. The summed E-state index contributed by atoms with van der Waals surface area (Å²) in [7, 11) is 0. The van der Waals surface area contributed by atoms with Crippen LogP contribution in [0.3, 0.4) is 0 Å². The van der Waals surface area contributed by atoms with E-state index in [0.29, 0.717) is 21.7 Å². The maximum Gasteiger partial charge on any atom is 0.266 e. The molecule has 3 nitrogen and oxygen atoms in total. The number of carbonyl (C=O) groups is 1. The van der Waals surface area contributed by atoms with E-state index >= 15 is 0 Å². The zero-order valence-corrected chi connectivity index (χ0v) is 21.4. The first-order chi connectivity index (χ1) is 14.3. The van der Waals surface area contributed by atoms with E-state index in [1.54, 1.807) is 4.90 Å². The Balaban J connectivity index is 1.73. The standard InChI is InChI=1S/C23H20Br2N2OS2/c1-14(2)11-27-22(28)21(30-23(27)29)9-16-13-26(12-15-3-5-17(24)6-4-15)20-8-7-18(25)10-19(16)20/h3-10,13-14H,11-12H2,1-2H3/b21-9-. The van der Waals surface area contributed by atoms with Gasteiger partial charge in [0.25, 0.3) is 5.91 Å². The van der Waals surface area contributed by atoms with Crippen LogP contribution in [0.25, 0.3) is 17.0 Å². The average molecular weight is 564 g/mol. The Morgan fingerprint density at radius 1 is 1.10 bits per heavy atom. The molecule has 4 rings (SSSR count). The molecule has 0 aliphatic carbocycles. The molecule has 0 N–H and O–H groups in total. The molecule has 0 unspecified atom stereocenters. The number of benzene rings is 2. The number of fused-ring (bicyclic) bond motifs is 1. The van der Waals surface area contributed by atoms with Gasteiger partial charge >= 0.3 is 0 Å². The van der Waals surface area contributed by atoms with E-state index in [1.165, 1.54) is 17.3 Å². The molecule has 1 aliphatic heterocycles. The molecule has 30 heavy (non-hydrogen) atoms. The number of halogens is 2. The predicted octanol–water partition coefficient (Wildman–Crippen LogP) is 7.07. The molecular weight excluding hydrogens is 544 g/mol. The van der Waals surface area contributed by atoms with E-state index < -0.39 is 0 Å². The van der Waals surface area contributed by atoms with Gasteiger partial charge in [-0.05, 0) is 47.9 Å². The van der Waals surface area contributed by atoms with Crippen LogP contribution >= 0.6 is 55.8 Å². The molecule has 0 radical (unpaired) electrons. The number of hydrogen-bond donors (Lipinski definition) is 0. The van der Waals surface area contributed by atoms with Gasteiger partial charge in [0.15, 0.2) is 0 Å². The molecule has 1 aliphatic rings. The predicted molar refractivity (Wildman–Crippen MR) is 138 cm³/mol. The quantitative estimate of drug-likeness (QED) is 0.245. The van der Waals surface area contributed by atoms with Crippen LogP contribution in [-0.2, 0) is 11.3 Å². The Labute approximate surface area is 202 Å². The first-order valence-corrected chi connectivity index (χ1v) is 12.4. The Morgan fingerprint density at radius 3 is 2.50 bits per heavy atom. The minimum atomic E-state index is 0.00232. The van der Waals surface area contributed by atoms with Gasteiger partial charge in [0, 0.05) is 44.7 Å². The highest BCUT2D eigenvalue weighted by Crippen LogP contribution is 2.35. The molecule has 1 aromatic heterocycles. The lowest BCUT2D eigenvalue weighted by molar-refractivity contribution is -0.122. The molecule has 0 spiro atoms. The third-order valence-corrected chi connectivity index (χ3v) is 7.25. The number of amides is 1. The molecular formula is C23H20Br2N2OS2. The van der Waals surface area contributed by atoms with Gasteiger partial charge < -0.3 is 4.57 Å². The summed E-state index contributed by atoms with van der Waals surface area (Å²) in [5.41, 5.74) is 3.37. The summed E-state index contributed by atoms with van der Waals surface area (Å²) >= 11 is 13.9. The van der Waals surface area contributed by atoms with Crippen molar-refractivity contribution in [2.75, 3.05) is 6.54 Å². The van der Waals surface area contributed by atoms with Crippen LogP contribution in [-0.4, -0.2) is 26.2 Å². The van der Waals surface area contributed by atoms with E-state index in [1.807, 2.05) is 12.1 Å². The van der Waals surface area contributed by atoms with Crippen molar-refractivity contribution in [3.05, 3.63) is 73.6 Å². The molecule has 0 bridgehead atoms. The second kappa shape index (κ2) is 8.99. The Kier molecular flexibility index (Phi) is 6.53. The zero-order valence-electron chi connectivity index (χ0n) is 16.6. The van der Waals surface area contributed by atoms with Gasteiger partial charge in [0.2, 0.25) is 0 Å². The fourth-order valence-electron chi connectivity index (χ4n) is 3.49. The van der Waals surface area contributed by atoms with Crippen molar-refractivity contribution in [2.24, 2.45) is 5.92 Å². The summed E-state index contributed by atoms with van der Waals surface area (Å²) in [4.78, 5) is 15.3. The summed E-state index contributed by atoms with van der Waals surface area (Å²) in [5.74, 6) is 0.373. The van der Waals surface area contributed by atoms with Crippen molar-refractivity contribution in [2.45, 2.75) is 20.4 Å². The van der Waals surface area contributed by atoms with Crippen LogP contribution < -0.4 is 0 Å². The third-order valence-electron chi connectivity index (χ3n) is 4.85. The fraction of sp³-hybridized carbons (Fsp3) is 0.217. The minimum Gasteiger partial charge on any atom is -0.342 e. The minimum absolute atomic E-state index is 0.00232. The third kappa shape index (κ3) is 4.59. The normalized spacial score (nSPS) is 15.9. The van der Waals surface area contributed by atoms with Crippen LogP contribution in [0.2, 0.25) is 0 Å². The van der Waals surface area contributed by atoms with Crippen LogP contribution in [0, 0.1) is 5.92 Å². The molecule has 7 heteroatoms. The van der Waals surface area contributed by atoms with Crippen LogP contribution in [0.5, 0.6) is 0 Å². The number of hydrogen-bond acceptors (Lipinski definition) is 3. The van der Waals surface area contributed by atoms with Crippen molar-refractivity contribution in [3.8, 4) is 0 Å². The maximum atomic E-state index is 12.9. The lowest BCUT2D eigenvalue weighted by atomic mass is 10.1. The Morgan fingerprint density at radius 2 is 1.80 bits per heavy atom. The second-order valence-corrected chi connectivity index (χ2v) is 11.2. The van der Waals surface area contributed by atoms with Gasteiger partial charge in [-0.2, -0.15) is 0 Å². The van der Waals surface area contributed by atoms with Gasteiger partial charge in [0.1, 0.15) is 4.32 Å². The van der Waals surface area contributed by atoms with E-state index in [-0.39, 0.29) is 5.91 Å². The maximum absolute atomic E-state index is 12.9. The SMILES string of the molecule is CC(C)CN1C(=O)/C(=C/c2cn(Cc3ccc(Br)cc3)c3ccc(Br)cc23)SC1=S. The molecule has 154 valence electrons. The first-order valence-electron chi connectivity index (χ1n) is 9.60.